The van der Waals surface area contributed by atoms with Gasteiger partial charge in [0.05, 0.1) is 0 Å². The van der Waals surface area contributed by atoms with Crippen molar-refractivity contribution in [2.24, 2.45) is 10.8 Å². The summed E-state index contributed by atoms with van der Waals surface area (Å²) in [6, 6.07) is 22.2. The smallest absolute Gasteiger partial charge is 1.00 e. The van der Waals surface area contributed by atoms with Gasteiger partial charge in [-0.05, 0) is 0 Å². The van der Waals surface area contributed by atoms with E-state index in [-0.39, 0.29) is 57.2 Å². The number of hydrogen-bond acceptors (Lipinski definition) is 0. The standard InChI is InChI=1S/C26H31.3ClH.Ti/c1-24(2,3)22-18-13-19-23(22)26(25(4,5)6,20-14-9-7-10-15-20)21-16-11-8-12-17-21;;;;/h7-19H,1-6H3;3*1H;/q;;;;+3/p-3. The topological polar surface area (TPSA) is 0 Å². The zero-order valence-corrected chi connectivity index (χ0v) is 22.5. The molecule has 0 bridgehead atoms. The molecular formula is C26H31Cl3Ti. The van der Waals surface area contributed by atoms with Crippen molar-refractivity contribution in [1.29, 1.82) is 0 Å². The van der Waals surface area contributed by atoms with Crippen LogP contribution in [0, 0.1) is 10.8 Å². The van der Waals surface area contributed by atoms with E-state index in [2.05, 4.69) is 141 Å². The van der Waals surface area contributed by atoms with Gasteiger partial charge in [-0.15, -0.1) is 0 Å². The van der Waals surface area contributed by atoms with E-state index in [0.717, 1.165) is 0 Å². The number of rotatable bonds is 3. The molecule has 0 nitrogen and oxygen atoms in total. The van der Waals surface area contributed by atoms with Gasteiger partial charge in [0.2, 0.25) is 0 Å². The zero-order valence-electron chi connectivity index (χ0n) is 18.6. The van der Waals surface area contributed by atoms with Crippen LogP contribution in [0.1, 0.15) is 52.7 Å². The molecule has 2 aromatic rings. The Balaban J connectivity index is 0.00000280. The van der Waals surface area contributed by atoms with Gasteiger partial charge in [-0.25, -0.2) is 0 Å². The third-order valence-electron chi connectivity index (χ3n) is 5.97. The molecule has 0 fully saturated rings. The van der Waals surface area contributed by atoms with Crippen LogP contribution in [0.25, 0.3) is 0 Å². The number of allylic oxidation sites excluding steroid dienone is 4. The monoisotopic (exact) mass is 496 g/mol. The Morgan fingerprint density at radius 2 is 1.07 bits per heavy atom. The molecule has 0 radical (unpaired) electrons. The van der Waals surface area contributed by atoms with Crippen molar-refractivity contribution in [3.63, 3.8) is 0 Å². The Kier molecular flexibility index (Phi) is 10.2. The van der Waals surface area contributed by atoms with Crippen molar-refractivity contribution in [3.8, 4) is 0 Å². The van der Waals surface area contributed by atoms with E-state index in [9.17, 15) is 0 Å². The Labute approximate surface area is 213 Å². The summed E-state index contributed by atoms with van der Waals surface area (Å²) in [6.07, 6.45) is 7.07. The van der Waals surface area contributed by atoms with Gasteiger partial charge in [0.1, 0.15) is 0 Å². The van der Waals surface area contributed by atoms with Crippen LogP contribution >= 0.6 is 0 Å². The molecule has 0 aliphatic heterocycles. The molecule has 30 heavy (non-hydrogen) atoms. The number of hydrogen-bond donors (Lipinski definition) is 0. The zero-order chi connectivity index (χ0) is 19.9. The second kappa shape index (κ2) is 10.4. The first-order valence-electron chi connectivity index (χ1n) is 9.82. The first-order chi connectivity index (χ1) is 12.5. The summed E-state index contributed by atoms with van der Waals surface area (Å²) in [5.41, 5.74) is 4.18. The van der Waals surface area contributed by atoms with Gasteiger partial charge in [0.25, 0.3) is 0 Å². The minimum Gasteiger partial charge on any atom is -1.00 e. The van der Waals surface area contributed by atoms with E-state index < -0.39 is 0 Å². The SMILES string of the molecule is CC(C)(C)C1=CC=C[C]1([Ti+3])C(c1ccccc1)(c1ccccc1)C(C)(C)C.[Cl-].[Cl-].[Cl-]. The van der Waals surface area contributed by atoms with E-state index >= 15 is 0 Å². The van der Waals surface area contributed by atoms with Gasteiger partial charge in [-0.1, -0.05) is 0 Å². The average Bonchev–Trinajstić information content (AvgIpc) is 2.99. The average molecular weight is 498 g/mol. The molecule has 2 aromatic carbocycles. The summed E-state index contributed by atoms with van der Waals surface area (Å²) in [4.78, 5) is 0. The Hall–Kier alpha value is -0.496. The molecule has 0 spiro atoms. The second-order valence-electron chi connectivity index (χ2n) is 9.73. The van der Waals surface area contributed by atoms with Gasteiger partial charge >= 0.3 is 178 Å². The van der Waals surface area contributed by atoms with E-state index in [1.807, 2.05) is 0 Å². The van der Waals surface area contributed by atoms with Gasteiger partial charge in [-0.3, -0.25) is 0 Å². The van der Waals surface area contributed by atoms with Gasteiger partial charge in [-0.2, -0.15) is 0 Å². The van der Waals surface area contributed by atoms with Crippen LogP contribution in [0.15, 0.2) is 84.5 Å². The Bertz CT molecular complexity index is 819. The predicted molar refractivity (Wildman–Crippen MR) is 112 cm³/mol. The summed E-state index contributed by atoms with van der Waals surface area (Å²) >= 11 is 2.44. The molecule has 0 N–H and O–H groups in total. The van der Waals surface area contributed by atoms with E-state index in [4.69, 9.17) is 0 Å². The normalized spacial score (nSPS) is 18.6. The maximum atomic E-state index is 2.44. The molecule has 4 heteroatoms. The second-order valence-corrected chi connectivity index (χ2v) is 11.0. The Morgan fingerprint density at radius 3 is 1.40 bits per heavy atom. The van der Waals surface area contributed by atoms with Crippen LogP contribution in [-0.2, 0) is 25.9 Å². The molecule has 0 heterocycles. The fraction of sp³-hybridized carbons (Fsp3) is 0.385. The van der Waals surface area contributed by atoms with Gasteiger partial charge in [0, 0.05) is 0 Å². The molecule has 0 amide bonds. The molecule has 1 unspecified atom stereocenters. The maximum absolute atomic E-state index is 2.44. The quantitative estimate of drug-likeness (QED) is 0.443. The van der Waals surface area contributed by atoms with Crippen LogP contribution in [0.4, 0.5) is 0 Å². The van der Waals surface area contributed by atoms with Crippen molar-refractivity contribution >= 4 is 0 Å². The third-order valence-corrected chi connectivity index (χ3v) is 7.24. The summed E-state index contributed by atoms with van der Waals surface area (Å²) in [6.45, 7) is 14.2. The summed E-state index contributed by atoms with van der Waals surface area (Å²) in [7, 11) is 0. The maximum Gasteiger partial charge on any atom is -1.00 e. The summed E-state index contributed by atoms with van der Waals surface area (Å²) in [5, 5.41) is 0. The molecule has 3 rings (SSSR count). The molecule has 1 aliphatic rings. The summed E-state index contributed by atoms with van der Waals surface area (Å²) in [5.74, 6) is 0. The van der Waals surface area contributed by atoms with E-state index in [1.54, 1.807) is 0 Å². The van der Waals surface area contributed by atoms with E-state index in [0.29, 0.717) is 0 Å². The third kappa shape index (κ3) is 4.64. The molecule has 0 saturated carbocycles. The van der Waals surface area contributed by atoms with Crippen LogP contribution in [0.2, 0.25) is 3.72 Å². The van der Waals surface area contributed by atoms with Crippen molar-refractivity contribution in [3.05, 3.63) is 95.6 Å². The first-order valence-corrected chi connectivity index (χ1v) is 10.6. The first kappa shape index (κ1) is 29.5. The Morgan fingerprint density at radius 1 is 0.667 bits per heavy atom. The molecule has 0 saturated heterocycles. The molecule has 0 aromatic heterocycles. The molecule has 1 atom stereocenters. The number of benzene rings is 2. The fourth-order valence-electron chi connectivity index (χ4n) is 5.13. The van der Waals surface area contributed by atoms with E-state index in [1.165, 1.54) is 16.7 Å². The minimum absolute atomic E-state index is 0. The summed E-state index contributed by atoms with van der Waals surface area (Å²) < 4.78 is -0.119. The predicted octanol–water partition coefficient (Wildman–Crippen LogP) is -1.72. The van der Waals surface area contributed by atoms with Crippen molar-refractivity contribution in [1.82, 2.24) is 0 Å². The number of halogens is 3. The van der Waals surface area contributed by atoms with Crippen LogP contribution in [0.5, 0.6) is 0 Å². The van der Waals surface area contributed by atoms with Crippen LogP contribution < -0.4 is 37.2 Å². The van der Waals surface area contributed by atoms with Crippen molar-refractivity contribution in [2.75, 3.05) is 0 Å². The van der Waals surface area contributed by atoms with Crippen LogP contribution in [-0.4, -0.2) is 0 Å². The van der Waals surface area contributed by atoms with Crippen LogP contribution in [0.3, 0.4) is 0 Å². The molecule has 160 valence electrons. The van der Waals surface area contributed by atoms with Crippen molar-refractivity contribution in [2.45, 2.75) is 50.7 Å². The largest absolute Gasteiger partial charge is 1.00 e. The molecular weight excluding hydrogens is 467 g/mol. The van der Waals surface area contributed by atoms with Gasteiger partial charge < -0.3 is 37.2 Å². The molecule has 1 aliphatic carbocycles. The van der Waals surface area contributed by atoms with Crippen molar-refractivity contribution < 1.29 is 57.7 Å². The fourth-order valence-corrected chi connectivity index (χ4v) is 7.04. The minimum atomic E-state index is -0.186. The van der Waals surface area contributed by atoms with Gasteiger partial charge in [0.15, 0.2) is 0 Å².